The van der Waals surface area contributed by atoms with Crippen molar-refractivity contribution in [2.45, 2.75) is 6.18 Å². The van der Waals surface area contributed by atoms with Crippen molar-refractivity contribution in [3.63, 3.8) is 0 Å². The number of hydrogen-bond acceptors (Lipinski definition) is 4. The van der Waals surface area contributed by atoms with Gasteiger partial charge in [0.25, 0.3) is 0 Å². The van der Waals surface area contributed by atoms with Crippen LogP contribution in [0.15, 0.2) is 47.6 Å². The lowest BCUT2D eigenvalue weighted by Gasteiger charge is -2.37. The molecule has 0 unspecified atom stereocenters. The van der Waals surface area contributed by atoms with Crippen molar-refractivity contribution < 1.29 is 17.6 Å². The van der Waals surface area contributed by atoms with E-state index in [1.54, 1.807) is 18.2 Å². The fourth-order valence-corrected chi connectivity index (χ4v) is 3.14. The van der Waals surface area contributed by atoms with Gasteiger partial charge in [-0.05, 0) is 48.6 Å². The van der Waals surface area contributed by atoms with E-state index in [2.05, 4.69) is 22.7 Å². The van der Waals surface area contributed by atoms with Crippen LogP contribution in [0.5, 0.6) is 0 Å². The molecule has 0 saturated carbocycles. The average Bonchev–Trinajstić information content (AvgIpc) is 2.68. The van der Waals surface area contributed by atoms with Crippen LogP contribution in [0.2, 0.25) is 0 Å². The number of halogens is 4. The van der Waals surface area contributed by atoms with E-state index in [0.29, 0.717) is 37.6 Å². The summed E-state index contributed by atoms with van der Waals surface area (Å²) in [6.07, 6.45) is -3.09. The third kappa shape index (κ3) is 5.35. The number of nitrogens with one attached hydrogen (secondary N) is 1. The summed E-state index contributed by atoms with van der Waals surface area (Å²) in [5.74, 6) is -0.448. The predicted molar refractivity (Wildman–Crippen MR) is 110 cm³/mol. The Kier molecular flexibility index (Phi) is 6.21. The second kappa shape index (κ2) is 8.64. The second-order valence-corrected chi connectivity index (χ2v) is 6.90. The number of benzene rings is 2. The molecule has 29 heavy (non-hydrogen) atoms. The molecule has 0 amide bonds. The Bertz CT molecular complexity index is 908. The summed E-state index contributed by atoms with van der Waals surface area (Å²) in [5, 5.41) is 3.71. The van der Waals surface area contributed by atoms with Crippen LogP contribution >= 0.6 is 12.2 Å². The highest BCUT2D eigenvalue weighted by molar-refractivity contribution is 7.80. The molecule has 10 heteroatoms. The SMILES string of the molecule is NC(=S)NN=Cc1ccc(N2CCN(c3cccc(C(F)(F)F)c3)CC2)cc1F. The third-order valence-electron chi connectivity index (χ3n) is 4.55. The lowest BCUT2D eigenvalue weighted by molar-refractivity contribution is -0.137. The zero-order valence-corrected chi connectivity index (χ0v) is 16.1. The minimum Gasteiger partial charge on any atom is -0.375 e. The van der Waals surface area contributed by atoms with Gasteiger partial charge in [0.1, 0.15) is 5.82 Å². The molecule has 5 nitrogen and oxygen atoms in total. The Morgan fingerprint density at radius 1 is 1.03 bits per heavy atom. The van der Waals surface area contributed by atoms with Crippen LogP contribution in [0, 0.1) is 5.82 Å². The van der Waals surface area contributed by atoms with Crippen LogP contribution in [0.4, 0.5) is 28.9 Å². The van der Waals surface area contributed by atoms with Gasteiger partial charge in [0.05, 0.1) is 11.8 Å². The first-order valence-corrected chi connectivity index (χ1v) is 9.20. The maximum Gasteiger partial charge on any atom is 0.416 e. The van der Waals surface area contributed by atoms with E-state index in [0.717, 1.165) is 12.1 Å². The van der Waals surface area contributed by atoms with Crippen molar-refractivity contribution >= 4 is 34.9 Å². The molecule has 0 bridgehead atoms. The van der Waals surface area contributed by atoms with Crippen molar-refractivity contribution in [2.24, 2.45) is 10.8 Å². The summed E-state index contributed by atoms with van der Waals surface area (Å²) in [7, 11) is 0. The van der Waals surface area contributed by atoms with Crippen LogP contribution in [0.25, 0.3) is 0 Å². The molecule has 0 radical (unpaired) electrons. The fourth-order valence-electron chi connectivity index (χ4n) is 3.08. The number of hydrazone groups is 1. The van der Waals surface area contributed by atoms with Gasteiger partial charge in [-0.3, -0.25) is 5.43 Å². The third-order valence-corrected chi connectivity index (χ3v) is 4.64. The molecule has 2 aromatic carbocycles. The molecular weight excluding hydrogens is 406 g/mol. The number of hydrogen-bond donors (Lipinski definition) is 2. The molecule has 1 saturated heterocycles. The van der Waals surface area contributed by atoms with E-state index in [4.69, 9.17) is 5.73 Å². The molecule has 3 rings (SSSR count). The molecule has 0 spiro atoms. The summed E-state index contributed by atoms with van der Waals surface area (Å²) in [5.41, 5.74) is 8.45. The van der Waals surface area contributed by atoms with Gasteiger partial charge in [-0.1, -0.05) is 6.07 Å². The summed E-state index contributed by atoms with van der Waals surface area (Å²) < 4.78 is 53.1. The maximum atomic E-state index is 14.3. The topological polar surface area (TPSA) is 56.9 Å². The molecule has 3 N–H and O–H groups in total. The standard InChI is InChI=1S/C19H19F4N5S/c20-17-11-16(5-4-13(17)12-25-26-18(24)29)28-8-6-27(7-9-28)15-3-1-2-14(10-15)19(21,22)23/h1-5,10-12H,6-9H2,(H3,24,26,29). The van der Waals surface area contributed by atoms with E-state index < -0.39 is 17.6 Å². The van der Waals surface area contributed by atoms with Gasteiger partial charge in [0.15, 0.2) is 5.11 Å². The van der Waals surface area contributed by atoms with Crippen molar-refractivity contribution in [2.75, 3.05) is 36.0 Å². The fraction of sp³-hybridized carbons (Fsp3) is 0.263. The van der Waals surface area contributed by atoms with Gasteiger partial charge in [-0.25, -0.2) is 4.39 Å². The molecular formula is C19H19F4N5S. The zero-order chi connectivity index (χ0) is 21.0. The quantitative estimate of drug-likeness (QED) is 0.341. The largest absolute Gasteiger partial charge is 0.416 e. The molecule has 0 aliphatic carbocycles. The highest BCUT2D eigenvalue weighted by atomic mass is 32.1. The summed E-state index contributed by atoms with van der Waals surface area (Å²) in [4.78, 5) is 3.88. The van der Waals surface area contributed by atoms with Crippen LogP contribution < -0.4 is 21.0 Å². The van der Waals surface area contributed by atoms with Gasteiger partial charge in [-0.15, -0.1) is 0 Å². The minimum absolute atomic E-state index is 0.0167. The summed E-state index contributed by atoms with van der Waals surface area (Å²) in [6, 6.07) is 10.1. The van der Waals surface area contributed by atoms with Crippen molar-refractivity contribution in [1.29, 1.82) is 0 Å². The smallest absolute Gasteiger partial charge is 0.375 e. The first kappa shape index (κ1) is 20.8. The number of rotatable bonds is 4. The van der Waals surface area contributed by atoms with Crippen LogP contribution in [0.3, 0.4) is 0 Å². The number of nitrogens with zero attached hydrogens (tertiary/aromatic N) is 3. The molecule has 1 aliphatic heterocycles. The first-order valence-electron chi connectivity index (χ1n) is 8.79. The van der Waals surface area contributed by atoms with E-state index in [-0.39, 0.29) is 10.7 Å². The van der Waals surface area contributed by atoms with Gasteiger partial charge in [0, 0.05) is 43.1 Å². The highest BCUT2D eigenvalue weighted by Crippen LogP contribution is 2.32. The molecule has 2 aromatic rings. The Morgan fingerprint density at radius 2 is 1.66 bits per heavy atom. The number of alkyl halides is 3. The predicted octanol–water partition coefficient (Wildman–Crippen LogP) is 3.34. The van der Waals surface area contributed by atoms with E-state index >= 15 is 0 Å². The van der Waals surface area contributed by atoms with Crippen LogP contribution in [-0.2, 0) is 6.18 Å². The molecule has 0 atom stereocenters. The van der Waals surface area contributed by atoms with Crippen LogP contribution in [-0.4, -0.2) is 37.5 Å². The average molecular weight is 425 g/mol. The van der Waals surface area contributed by atoms with Crippen molar-refractivity contribution in [1.82, 2.24) is 5.43 Å². The number of nitrogens with two attached hydrogens (primary N) is 1. The van der Waals surface area contributed by atoms with E-state index in [9.17, 15) is 17.6 Å². The lowest BCUT2D eigenvalue weighted by atomic mass is 10.1. The molecule has 1 aliphatic rings. The number of thiocarbonyl (C=S) groups is 1. The first-order chi connectivity index (χ1) is 13.7. The van der Waals surface area contributed by atoms with Crippen molar-refractivity contribution in [3.8, 4) is 0 Å². The van der Waals surface area contributed by atoms with Gasteiger partial charge < -0.3 is 15.5 Å². The summed E-state index contributed by atoms with van der Waals surface area (Å²) >= 11 is 4.61. The Morgan fingerprint density at radius 3 is 2.21 bits per heavy atom. The number of piperazine rings is 1. The zero-order valence-electron chi connectivity index (χ0n) is 15.3. The van der Waals surface area contributed by atoms with E-state index in [1.165, 1.54) is 18.3 Å². The van der Waals surface area contributed by atoms with Gasteiger partial charge in [-0.2, -0.15) is 18.3 Å². The van der Waals surface area contributed by atoms with E-state index in [1.807, 2.05) is 9.80 Å². The molecule has 154 valence electrons. The molecule has 1 fully saturated rings. The Labute approximate surface area is 170 Å². The van der Waals surface area contributed by atoms with Crippen LogP contribution in [0.1, 0.15) is 11.1 Å². The Balaban J connectivity index is 1.64. The monoisotopic (exact) mass is 425 g/mol. The minimum atomic E-state index is -4.37. The summed E-state index contributed by atoms with van der Waals surface area (Å²) in [6.45, 7) is 2.19. The maximum absolute atomic E-state index is 14.3. The Hall–Kier alpha value is -2.88. The highest BCUT2D eigenvalue weighted by Gasteiger charge is 2.31. The normalized spacial score (nSPS) is 15.0. The number of anilines is 2. The second-order valence-electron chi connectivity index (χ2n) is 6.46. The molecule has 1 heterocycles. The lowest BCUT2D eigenvalue weighted by Crippen LogP contribution is -2.46. The molecule has 0 aromatic heterocycles. The van der Waals surface area contributed by atoms with Gasteiger partial charge >= 0.3 is 6.18 Å². The van der Waals surface area contributed by atoms with Crippen molar-refractivity contribution in [3.05, 3.63) is 59.4 Å². The van der Waals surface area contributed by atoms with Gasteiger partial charge in [0.2, 0.25) is 0 Å².